The summed E-state index contributed by atoms with van der Waals surface area (Å²) in [5.41, 5.74) is 2.64. The van der Waals surface area contributed by atoms with Crippen LogP contribution < -0.4 is 10.6 Å². The summed E-state index contributed by atoms with van der Waals surface area (Å²) in [5.74, 6) is 0.791. The Morgan fingerprint density at radius 2 is 1.56 bits per heavy atom. The molecule has 27 heavy (non-hydrogen) atoms. The molecule has 1 aliphatic carbocycles. The van der Waals surface area contributed by atoms with Crippen LogP contribution in [-0.4, -0.2) is 26.6 Å². The average Bonchev–Trinajstić information content (AvgIpc) is 3.51. The third-order valence-electron chi connectivity index (χ3n) is 4.79. The van der Waals surface area contributed by atoms with Crippen molar-refractivity contribution in [1.82, 2.24) is 10.6 Å². The molecule has 0 spiro atoms. The molecule has 0 aromatic heterocycles. The summed E-state index contributed by atoms with van der Waals surface area (Å²) in [5, 5.41) is 6.30. The Bertz CT molecular complexity index is 871. The Morgan fingerprint density at radius 1 is 0.963 bits per heavy atom. The SMILES string of the molecule is CCS(=O)(=O)c1ccc(CNC(=O)c2ccc(CNCC3CC3)cc2)cc1. The zero-order valence-corrected chi connectivity index (χ0v) is 16.4. The Balaban J connectivity index is 1.49. The molecular formula is C21H26N2O3S. The number of carbonyl (C=O) groups excluding carboxylic acids is 1. The van der Waals surface area contributed by atoms with E-state index in [9.17, 15) is 13.2 Å². The highest BCUT2D eigenvalue weighted by molar-refractivity contribution is 7.91. The maximum Gasteiger partial charge on any atom is 0.251 e. The van der Waals surface area contributed by atoms with Crippen LogP contribution >= 0.6 is 0 Å². The molecule has 2 aromatic rings. The monoisotopic (exact) mass is 386 g/mol. The fraction of sp³-hybridized carbons (Fsp3) is 0.381. The average molecular weight is 387 g/mol. The van der Waals surface area contributed by atoms with E-state index in [1.54, 1.807) is 31.2 Å². The normalized spacial score (nSPS) is 14.1. The minimum absolute atomic E-state index is 0.0786. The van der Waals surface area contributed by atoms with Crippen molar-refractivity contribution >= 4 is 15.7 Å². The van der Waals surface area contributed by atoms with Crippen LogP contribution in [0.1, 0.15) is 41.3 Å². The molecule has 6 heteroatoms. The third kappa shape index (κ3) is 5.65. The van der Waals surface area contributed by atoms with Crippen molar-refractivity contribution in [2.24, 2.45) is 5.92 Å². The number of sulfone groups is 1. The molecule has 0 aliphatic heterocycles. The Labute approximate surface area is 161 Å². The number of amides is 1. The van der Waals surface area contributed by atoms with E-state index in [0.29, 0.717) is 17.0 Å². The lowest BCUT2D eigenvalue weighted by Gasteiger charge is -2.08. The van der Waals surface area contributed by atoms with E-state index < -0.39 is 9.84 Å². The third-order valence-corrected chi connectivity index (χ3v) is 6.54. The molecule has 1 fully saturated rings. The Kier molecular flexibility index (Phi) is 6.29. The molecule has 0 atom stereocenters. The largest absolute Gasteiger partial charge is 0.348 e. The predicted octanol–water partition coefficient (Wildman–Crippen LogP) is 2.91. The highest BCUT2D eigenvalue weighted by Gasteiger charge is 2.20. The molecule has 144 valence electrons. The summed E-state index contributed by atoms with van der Waals surface area (Å²) >= 11 is 0. The Hall–Kier alpha value is -2.18. The molecule has 1 amide bonds. The molecule has 1 aliphatic rings. The van der Waals surface area contributed by atoms with Gasteiger partial charge in [0.15, 0.2) is 9.84 Å². The topological polar surface area (TPSA) is 75.3 Å². The molecule has 2 N–H and O–H groups in total. The first-order valence-electron chi connectivity index (χ1n) is 9.37. The molecule has 1 saturated carbocycles. The van der Waals surface area contributed by atoms with Gasteiger partial charge in [0.25, 0.3) is 5.91 Å². The maximum absolute atomic E-state index is 12.3. The van der Waals surface area contributed by atoms with Crippen molar-refractivity contribution < 1.29 is 13.2 Å². The number of nitrogens with one attached hydrogen (secondary N) is 2. The van der Waals surface area contributed by atoms with Crippen LogP contribution in [0.25, 0.3) is 0 Å². The van der Waals surface area contributed by atoms with E-state index in [4.69, 9.17) is 0 Å². The second kappa shape index (κ2) is 8.67. The van der Waals surface area contributed by atoms with E-state index in [0.717, 1.165) is 24.6 Å². The number of benzene rings is 2. The van der Waals surface area contributed by atoms with Crippen LogP contribution in [0.15, 0.2) is 53.4 Å². The van der Waals surface area contributed by atoms with Gasteiger partial charge < -0.3 is 10.6 Å². The highest BCUT2D eigenvalue weighted by Crippen LogP contribution is 2.27. The van der Waals surface area contributed by atoms with Gasteiger partial charge in [-0.15, -0.1) is 0 Å². The first-order chi connectivity index (χ1) is 13.0. The fourth-order valence-electron chi connectivity index (χ4n) is 2.78. The van der Waals surface area contributed by atoms with Gasteiger partial charge >= 0.3 is 0 Å². The second-order valence-electron chi connectivity index (χ2n) is 7.00. The van der Waals surface area contributed by atoms with Gasteiger partial charge in [0.1, 0.15) is 0 Å². The van der Waals surface area contributed by atoms with Gasteiger partial charge in [0.05, 0.1) is 10.6 Å². The maximum atomic E-state index is 12.3. The summed E-state index contributed by atoms with van der Waals surface area (Å²) in [7, 11) is -3.19. The number of hydrogen-bond acceptors (Lipinski definition) is 4. The van der Waals surface area contributed by atoms with Crippen LogP contribution in [0.2, 0.25) is 0 Å². The zero-order chi connectivity index (χ0) is 19.3. The van der Waals surface area contributed by atoms with Gasteiger partial charge in [0, 0.05) is 18.7 Å². The molecule has 0 saturated heterocycles. The second-order valence-corrected chi connectivity index (χ2v) is 9.28. The van der Waals surface area contributed by atoms with E-state index in [-0.39, 0.29) is 11.7 Å². The first-order valence-corrected chi connectivity index (χ1v) is 11.0. The van der Waals surface area contributed by atoms with Crippen molar-refractivity contribution in [3.05, 3.63) is 65.2 Å². The van der Waals surface area contributed by atoms with Gasteiger partial charge in [-0.25, -0.2) is 8.42 Å². The summed E-state index contributed by atoms with van der Waals surface area (Å²) in [6, 6.07) is 14.3. The molecule has 0 radical (unpaired) electrons. The molecule has 5 nitrogen and oxygen atoms in total. The lowest BCUT2D eigenvalue weighted by Crippen LogP contribution is -2.23. The smallest absolute Gasteiger partial charge is 0.251 e. The van der Waals surface area contributed by atoms with Crippen molar-refractivity contribution in [2.75, 3.05) is 12.3 Å². The summed E-state index contributed by atoms with van der Waals surface area (Å²) in [6.45, 7) is 3.87. The molecule has 2 aromatic carbocycles. The first kappa shape index (κ1) is 19.6. The van der Waals surface area contributed by atoms with E-state index in [1.807, 2.05) is 24.3 Å². The van der Waals surface area contributed by atoms with E-state index in [2.05, 4.69) is 10.6 Å². The molecule has 0 heterocycles. The zero-order valence-electron chi connectivity index (χ0n) is 15.6. The van der Waals surface area contributed by atoms with Crippen LogP contribution in [0.5, 0.6) is 0 Å². The lowest BCUT2D eigenvalue weighted by molar-refractivity contribution is 0.0951. The van der Waals surface area contributed by atoms with Crippen LogP contribution in [0, 0.1) is 5.92 Å². The van der Waals surface area contributed by atoms with Crippen LogP contribution in [0.4, 0.5) is 0 Å². The van der Waals surface area contributed by atoms with Crippen LogP contribution in [-0.2, 0) is 22.9 Å². The van der Waals surface area contributed by atoms with Gasteiger partial charge in [-0.3, -0.25) is 4.79 Å². The van der Waals surface area contributed by atoms with Gasteiger partial charge in [-0.2, -0.15) is 0 Å². The number of carbonyl (C=O) groups is 1. The minimum atomic E-state index is -3.19. The summed E-state index contributed by atoms with van der Waals surface area (Å²) in [6.07, 6.45) is 2.67. The van der Waals surface area contributed by atoms with Crippen molar-refractivity contribution in [2.45, 2.75) is 37.8 Å². The highest BCUT2D eigenvalue weighted by atomic mass is 32.2. The van der Waals surface area contributed by atoms with Crippen LogP contribution in [0.3, 0.4) is 0 Å². The van der Waals surface area contributed by atoms with Crippen molar-refractivity contribution in [3.63, 3.8) is 0 Å². The predicted molar refractivity (Wildman–Crippen MR) is 106 cm³/mol. The lowest BCUT2D eigenvalue weighted by atomic mass is 10.1. The molecule has 0 bridgehead atoms. The van der Waals surface area contributed by atoms with Gasteiger partial charge in [0.2, 0.25) is 0 Å². The molecular weight excluding hydrogens is 360 g/mol. The quantitative estimate of drug-likeness (QED) is 0.695. The number of hydrogen-bond donors (Lipinski definition) is 2. The summed E-state index contributed by atoms with van der Waals surface area (Å²) < 4.78 is 23.6. The van der Waals surface area contributed by atoms with Gasteiger partial charge in [-0.1, -0.05) is 31.2 Å². The van der Waals surface area contributed by atoms with E-state index in [1.165, 1.54) is 18.4 Å². The van der Waals surface area contributed by atoms with Crippen molar-refractivity contribution in [1.29, 1.82) is 0 Å². The molecule has 0 unspecified atom stereocenters. The van der Waals surface area contributed by atoms with Crippen molar-refractivity contribution in [3.8, 4) is 0 Å². The Morgan fingerprint density at radius 3 is 2.15 bits per heavy atom. The minimum Gasteiger partial charge on any atom is -0.348 e. The fourth-order valence-corrected chi connectivity index (χ4v) is 3.67. The summed E-state index contributed by atoms with van der Waals surface area (Å²) in [4.78, 5) is 12.6. The molecule has 3 rings (SSSR count). The standard InChI is InChI=1S/C21H26N2O3S/c1-2-27(25,26)20-11-7-18(8-12-20)15-23-21(24)19-9-5-17(6-10-19)14-22-13-16-3-4-16/h5-12,16,22H,2-4,13-15H2,1H3,(H,23,24). The van der Waals surface area contributed by atoms with E-state index >= 15 is 0 Å². The van der Waals surface area contributed by atoms with Gasteiger partial charge in [-0.05, 0) is 60.7 Å². The number of rotatable bonds is 9.